The number of carbonyl (C=O) groups is 1. The summed E-state index contributed by atoms with van der Waals surface area (Å²) in [5.74, 6) is 1.57. The van der Waals surface area contributed by atoms with Crippen molar-refractivity contribution in [3.63, 3.8) is 0 Å². The molecule has 2 amide bonds. The van der Waals surface area contributed by atoms with E-state index in [1.807, 2.05) is 43.3 Å². The van der Waals surface area contributed by atoms with E-state index in [-0.39, 0.29) is 6.03 Å². The number of benzene rings is 1. The number of rotatable bonds is 9. The van der Waals surface area contributed by atoms with Crippen LogP contribution < -0.4 is 14.8 Å². The summed E-state index contributed by atoms with van der Waals surface area (Å²) in [7, 11) is 1.78. The van der Waals surface area contributed by atoms with Gasteiger partial charge >= 0.3 is 6.03 Å². The molecule has 0 radical (unpaired) electrons. The lowest BCUT2D eigenvalue weighted by atomic mass is 10.2. The van der Waals surface area contributed by atoms with Gasteiger partial charge in [0.2, 0.25) is 0 Å². The van der Waals surface area contributed by atoms with Gasteiger partial charge in [-0.05, 0) is 55.3 Å². The van der Waals surface area contributed by atoms with Crippen LogP contribution in [0.1, 0.15) is 12.5 Å². The van der Waals surface area contributed by atoms with Gasteiger partial charge < -0.3 is 19.7 Å². The third-order valence-corrected chi connectivity index (χ3v) is 3.61. The van der Waals surface area contributed by atoms with Gasteiger partial charge in [0.15, 0.2) is 0 Å². The van der Waals surface area contributed by atoms with Crippen LogP contribution in [0.25, 0.3) is 0 Å². The Morgan fingerprint density at radius 3 is 2.36 bits per heavy atom. The fraction of sp³-hybridized carbons (Fsp3) is 0.368. The second-order valence-corrected chi connectivity index (χ2v) is 5.51. The SMILES string of the molecule is CCOc1ccc(OCCNC(=O)N(C)CCc2ccncc2)cc1. The first-order chi connectivity index (χ1) is 12.2. The number of carbonyl (C=O) groups excluding carboxylic acids is 1. The number of nitrogens with one attached hydrogen (secondary N) is 1. The third kappa shape index (κ3) is 6.71. The van der Waals surface area contributed by atoms with Crippen molar-refractivity contribution in [3.8, 4) is 11.5 Å². The van der Waals surface area contributed by atoms with Gasteiger partial charge in [0.25, 0.3) is 0 Å². The molecule has 0 aliphatic rings. The fourth-order valence-corrected chi connectivity index (χ4v) is 2.21. The van der Waals surface area contributed by atoms with E-state index >= 15 is 0 Å². The van der Waals surface area contributed by atoms with Gasteiger partial charge in [-0.25, -0.2) is 4.79 Å². The summed E-state index contributed by atoms with van der Waals surface area (Å²) < 4.78 is 11.0. The maximum absolute atomic E-state index is 12.0. The Bertz CT molecular complexity index is 632. The molecule has 0 spiro atoms. The first-order valence-corrected chi connectivity index (χ1v) is 8.42. The number of amides is 2. The average Bonchev–Trinajstić information content (AvgIpc) is 2.65. The molecular formula is C19H25N3O3. The second kappa shape index (κ2) is 10.2. The lowest BCUT2D eigenvalue weighted by Crippen LogP contribution is -2.40. The van der Waals surface area contributed by atoms with Crippen molar-refractivity contribution < 1.29 is 14.3 Å². The Hall–Kier alpha value is -2.76. The molecule has 0 unspecified atom stereocenters. The molecule has 0 bridgehead atoms. The molecule has 2 aromatic rings. The number of aromatic nitrogens is 1. The van der Waals surface area contributed by atoms with Crippen molar-refractivity contribution in [2.45, 2.75) is 13.3 Å². The van der Waals surface area contributed by atoms with Gasteiger partial charge in [0.05, 0.1) is 13.2 Å². The highest BCUT2D eigenvalue weighted by Gasteiger charge is 2.07. The number of hydrogen-bond acceptors (Lipinski definition) is 4. The highest BCUT2D eigenvalue weighted by Crippen LogP contribution is 2.17. The number of nitrogens with zero attached hydrogens (tertiary/aromatic N) is 2. The second-order valence-electron chi connectivity index (χ2n) is 5.51. The van der Waals surface area contributed by atoms with Crippen LogP contribution in [0, 0.1) is 0 Å². The summed E-state index contributed by atoms with van der Waals surface area (Å²) in [5, 5.41) is 2.85. The summed E-state index contributed by atoms with van der Waals surface area (Å²) in [5.41, 5.74) is 1.16. The Morgan fingerprint density at radius 1 is 1.08 bits per heavy atom. The summed E-state index contributed by atoms with van der Waals surface area (Å²) in [6.45, 7) is 4.10. The summed E-state index contributed by atoms with van der Waals surface area (Å²) in [6, 6.07) is 11.2. The number of pyridine rings is 1. The van der Waals surface area contributed by atoms with E-state index in [2.05, 4.69) is 10.3 Å². The van der Waals surface area contributed by atoms with Crippen LogP contribution in [-0.2, 0) is 6.42 Å². The van der Waals surface area contributed by atoms with Crippen LogP contribution in [0.5, 0.6) is 11.5 Å². The van der Waals surface area contributed by atoms with Crippen molar-refractivity contribution in [1.82, 2.24) is 15.2 Å². The van der Waals surface area contributed by atoms with E-state index in [0.717, 1.165) is 23.5 Å². The lowest BCUT2D eigenvalue weighted by molar-refractivity contribution is 0.206. The number of likely N-dealkylation sites (N-methyl/N-ethyl adjacent to an activating group) is 1. The van der Waals surface area contributed by atoms with Crippen molar-refractivity contribution >= 4 is 6.03 Å². The Kier molecular flexibility index (Phi) is 7.56. The van der Waals surface area contributed by atoms with Gasteiger partial charge in [-0.2, -0.15) is 0 Å². The summed E-state index contributed by atoms with van der Waals surface area (Å²) in [6.07, 6.45) is 4.32. The van der Waals surface area contributed by atoms with Crippen LogP contribution in [0.15, 0.2) is 48.8 Å². The monoisotopic (exact) mass is 343 g/mol. The predicted octanol–water partition coefficient (Wildman–Crippen LogP) is 2.74. The van der Waals surface area contributed by atoms with E-state index in [1.54, 1.807) is 24.3 Å². The van der Waals surface area contributed by atoms with E-state index in [9.17, 15) is 4.79 Å². The lowest BCUT2D eigenvalue weighted by Gasteiger charge is -2.18. The van der Waals surface area contributed by atoms with Crippen LogP contribution in [0.4, 0.5) is 4.79 Å². The zero-order chi connectivity index (χ0) is 17.9. The quantitative estimate of drug-likeness (QED) is 0.711. The predicted molar refractivity (Wildman–Crippen MR) is 97.1 cm³/mol. The van der Waals surface area contributed by atoms with E-state index in [1.165, 1.54) is 0 Å². The van der Waals surface area contributed by atoms with Crippen LogP contribution in [0.3, 0.4) is 0 Å². The number of hydrogen-bond donors (Lipinski definition) is 1. The van der Waals surface area contributed by atoms with Crippen LogP contribution in [-0.4, -0.2) is 49.3 Å². The molecule has 6 nitrogen and oxygen atoms in total. The average molecular weight is 343 g/mol. The first-order valence-electron chi connectivity index (χ1n) is 8.42. The van der Waals surface area contributed by atoms with Gasteiger partial charge in [-0.15, -0.1) is 0 Å². The minimum Gasteiger partial charge on any atom is -0.494 e. The van der Waals surface area contributed by atoms with E-state index in [0.29, 0.717) is 26.3 Å². The highest BCUT2D eigenvalue weighted by atomic mass is 16.5. The highest BCUT2D eigenvalue weighted by molar-refractivity contribution is 5.73. The summed E-state index contributed by atoms with van der Waals surface area (Å²) in [4.78, 5) is 17.7. The molecule has 0 atom stereocenters. The zero-order valence-electron chi connectivity index (χ0n) is 14.8. The molecule has 25 heavy (non-hydrogen) atoms. The van der Waals surface area contributed by atoms with Crippen LogP contribution >= 0.6 is 0 Å². The molecule has 1 aromatic heterocycles. The molecule has 134 valence electrons. The minimum atomic E-state index is -0.107. The molecule has 0 saturated carbocycles. The van der Waals surface area contributed by atoms with Gasteiger partial charge in [-0.1, -0.05) is 0 Å². The van der Waals surface area contributed by atoms with Crippen molar-refractivity contribution in [2.24, 2.45) is 0 Å². The fourth-order valence-electron chi connectivity index (χ4n) is 2.21. The smallest absolute Gasteiger partial charge is 0.317 e. The standard InChI is InChI=1S/C19H25N3O3/c1-3-24-17-4-6-18(7-5-17)25-15-13-21-19(23)22(2)14-10-16-8-11-20-12-9-16/h4-9,11-12H,3,10,13-15H2,1-2H3,(H,21,23). The zero-order valence-corrected chi connectivity index (χ0v) is 14.8. The van der Waals surface area contributed by atoms with Gasteiger partial charge in [0, 0.05) is 26.0 Å². The molecule has 1 heterocycles. The van der Waals surface area contributed by atoms with Crippen molar-refractivity contribution in [3.05, 3.63) is 54.4 Å². The van der Waals surface area contributed by atoms with Crippen molar-refractivity contribution in [2.75, 3.05) is 33.4 Å². The van der Waals surface area contributed by atoms with Gasteiger partial charge in [0.1, 0.15) is 18.1 Å². The topological polar surface area (TPSA) is 63.7 Å². The van der Waals surface area contributed by atoms with E-state index in [4.69, 9.17) is 9.47 Å². The molecule has 1 N–H and O–H groups in total. The Labute approximate surface area is 148 Å². The molecule has 1 aromatic carbocycles. The van der Waals surface area contributed by atoms with E-state index < -0.39 is 0 Å². The first kappa shape index (κ1) is 18.6. The van der Waals surface area contributed by atoms with Gasteiger partial charge in [-0.3, -0.25) is 4.98 Å². The minimum absolute atomic E-state index is 0.107. The van der Waals surface area contributed by atoms with Crippen LogP contribution in [0.2, 0.25) is 0 Å². The summed E-state index contributed by atoms with van der Waals surface area (Å²) >= 11 is 0. The molecule has 6 heteroatoms. The molecule has 0 aliphatic carbocycles. The number of urea groups is 1. The Balaban J connectivity index is 1.62. The molecule has 0 fully saturated rings. The number of ether oxygens (including phenoxy) is 2. The molecular weight excluding hydrogens is 318 g/mol. The Morgan fingerprint density at radius 2 is 1.72 bits per heavy atom. The maximum atomic E-state index is 12.0. The normalized spacial score (nSPS) is 10.2. The maximum Gasteiger partial charge on any atom is 0.317 e. The molecule has 0 saturated heterocycles. The third-order valence-electron chi connectivity index (χ3n) is 3.61. The van der Waals surface area contributed by atoms with Crippen molar-refractivity contribution in [1.29, 1.82) is 0 Å². The molecule has 2 rings (SSSR count). The molecule has 0 aliphatic heterocycles. The largest absolute Gasteiger partial charge is 0.494 e.